The number of benzene rings is 1. The van der Waals surface area contributed by atoms with Gasteiger partial charge in [0, 0.05) is 31.0 Å². The molecule has 4 nitrogen and oxygen atoms in total. The van der Waals surface area contributed by atoms with Gasteiger partial charge >= 0.3 is 0 Å². The van der Waals surface area contributed by atoms with Crippen LogP contribution in [0.4, 0.5) is 0 Å². The van der Waals surface area contributed by atoms with Gasteiger partial charge in [-0.1, -0.05) is 26.0 Å². The number of amides is 1. The van der Waals surface area contributed by atoms with Crippen LogP contribution in [0, 0.1) is 11.8 Å². The Hall–Kier alpha value is -2.10. The average Bonchev–Trinajstić information content (AvgIpc) is 2.98. The summed E-state index contributed by atoms with van der Waals surface area (Å²) < 4.78 is 1.87. The van der Waals surface area contributed by atoms with Crippen molar-refractivity contribution in [2.24, 2.45) is 11.8 Å². The lowest BCUT2D eigenvalue weighted by Crippen LogP contribution is -2.42. The van der Waals surface area contributed by atoms with Crippen LogP contribution >= 0.6 is 0 Å². The third-order valence-electron chi connectivity index (χ3n) is 4.23. The Balaban J connectivity index is 1.75. The fraction of sp³-hybridized carbons (Fsp3) is 0.444. The normalized spacial score (nSPS) is 21.8. The molecule has 0 radical (unpaired) electrons. The molecule has 0 bridgehead atoms. The van der Waals surface area contributed by atoms with Crippen LogP contribution in [0.25, 0.3) is 0 Å². The van der Waals surface area contributed by atoms with Gasteiger partial charge in [-0.15, -0.1) is 0 Å². The molecule has 1 aromatic heterocycles. The van der Waals surface area contributed by atoms with E-state index in [1.165, 1.54) is 6.42 Å². The fourth-order valence-corrected chi connectivity index (χ4v) is 3.40. The van der Waals surface area contributed by atoms with E-state index in [1.807, 2.05) is 46.1 Å². The van der Waals surface area contributed by atoms with Crippen molar-refractivity contribution in [3.05, 3.63) is 53.9 Å². The molecule has 22 heavy (non-hydrogen) atoms. The van der Waals surface area contributed by atoms with Gasteiger partial charge in [-0.3, -0.25) is 9.48 Å². The minimum atomic E-state index is 0.153. The average molecular weight is 297 g/mol. The van der Waals surface area contributed by atoms with Gasteiger partial charge in [-0.25, -0.2) is 0 Å². The lowest BCUT2D eigenvalue weighted by molar-refractivity contribution is 0.0623. The van der Waals surface area contributed by atoms with E-state index in [0.29, 0.717) is 18.4 Å². The van der Waals surface area contributed by atoms with E-state index in [4.69, 9.17) is 0 Å². The number of hydrogen-bond acceptors (Lipinski definition) is 2. The Labute approximate surface area is 131 Å². The van der Waals surface area contributed by atoms with Crippen LogP contribution < -0.4 is 0 Å². The first-order valence-electron chi connectivity index (χ1n) is 7.97. The maximum Gasteiger partial charge on any atom is 0.253 e. The first kappa shape index (κ1) is 14.8. The number of nitrogens with zero attached hydrogens (tertiary/aromatic N) is 3. The minimum Gasteiger partial charge on any atom is -0.338 e. The summed E-state index contributed by atoms with van der Waals surface area (Å²) in [5.41, 5.74) is 1.89. The van der Waals surface area contributed by atoms with E-state index in [1.54, 1.807) is 6.20 Å². The molecule has 2 aromatic rings. The van der Waals surface area contributed by atoms with E-state index in [0.717, 1.165) is 24.2 Å². The summed E-state index contributed by atoms with van der Waals surface area (Å²) in [4.78, 5) is 14.8. The van der Waals surface area contributed by atoms with Gasteiger partial charge in [0.25, 0.3) is 5.91 Å². The molecule has 0 aliphatic carbocycles. The largest absolute Gasteiger partial charge is 0.338 e. The first-order chi connectivity index (χ1) is 10.6. The fourth-order valence-electron chi connectivity index (χ4n) is 3.40. The van der Waals surface area contributed by atoms with Crippen molar-refractivity contribution in [1.82, 2.24) is 14.7 Å². The summed E-state index contributed by atoms with van der Waals surface area (Å²) in [5.74, 6) is 1.32. The molecular weight excluding hydrogens is 274 g/mol. The Morgan fingerprint density at radius 2 is 2.00 bits per heavy atom. The van der Waals surface area contributed by atoms with Crippen LogP contribution in [0.1, 0.15) is 36.2 Å². The van der Waals surface area contributed by atoms with Crippen molar-refractivity contribution in [3.8, 4) is 0 Å². The van der Waals surface area contributed by atoms with Crippen molar-refractivity contribution in [1.29, 1.82) is 0 Å². The van der Waals surface area contributed by atoms with Crippen molar-refractivity contribution in [3.63, 3.8) is 0 Å². The van der Waals surface area contributed by atoms with E-state index in [9.17, 15) is 4.79 Å². The van der Waals surface area contributed by atoms with Gasteiger partial charge in [0.05, 0.1) is 6.54 Å². The highest BCUT2D eigenvalue weighted by atomic mass is 16.2. The number of aromatic nitrogens is 2. The molecule has 0 saturated carbocycles. The summed E-state index contributed by atoms with van der Waals surface area (Å²) in [5, 5.41) is 4.22. The molecule has 0 unspecified atom stereocenters. The molecule has 1 amide bonds. The number of carbonyl (C=O) groups excluding carboxylic acids is 1. The minimum absolute atomic E-state index is 0.153. The van der Waals surface area contributed by atoms with Crippen molar-refractivity contribution in [2.75, 3.05) is 13.1 Å². The molecule has 0 N–H and O–H groups in total. The third-order valence-corrected chi connectivity index (χ3v) is 4.23. The van der Waals surface area contributed by atoms with Gasteiger partial charge in [0.1, 0.15) is 0 Å². The van der Waals surface area contributed by atoms with Crippen LogP contribution in [-0.4, -0.2) is 33.7 Å². The van der Waals surface area contributed by atoms with Gasteiger partial charge in [0.15, 0.2) is 0 Å². The lowest BCUT2D eigenvalue weighted by atomic mass is 9.91. The number of rotatable bonds is 3. The molecule has 1 aliphatic heterocycles. The summed E-state index contributed by atoms with van der Waals surface area (Å²) in [6.07, 6.45) is 4.91. The first-order valence-corrected chi connectivity index (χ1v) is 7.97. The molecule has 1 aromatic carbocycles. The maximum absolute atomic E-state index is 12.7. The molecule has 2 heterocycles. The zero-order valence-electron chi connectivity index (χ0n) is 13.3. The maximum atomic E-state index is 12.7. The number of piperidine rings is 1. The molecule has 116 valence electrons. The van der Waals surface area contributed by atoms with Crippen LogP contribution in [-0.2, 0) is 6.54 Å². The van der Waals surface area contributed by atoms with Gasteiger partial charge < -0.3 is 4.90 Å². The van der Waals surface area contributed by atoms with Crippen LogP contribution in [0.5, 0.6) is 0 Å². The Morgan fingerprint density at radius 1 is 1.23 bits per heavy atom. The summed E-state index contributed by atoms with van der Waals surface area (Å²) >= 11 is 0. The standard InChI is InChI=1S/C18H23N3O/c1-14-9-15(2)12-20(11-14)18(22)17-6-3-5-16(10-17)13-21-8-4-7-19-21/h3-8,10,14-15H,9,11-13H2,1-2H3/t14-,15+. The monoisotopic (exact) mass is 297 g/mol. The highest BCUT2D eigenvalue weighted by molar-refractivity contribution is 5.94. The zero-order valence-corrected chi connectivity index (χ0v) is 13.3. The van der Waals surface area contributed by atoms with Crippen LogP contribution in [0.15, 0.2) is 42.7 Å². The lowest BCUT2D eigenvalue weighted by Gasteiger charge is -2.35. The quantitative estimate of drug-likeness (QED) is 0.873. The molecule has 2 atom stereocenters. The van der Waals surface area contributed by atoms with Crippen LogP contribution in [0.2, 0.25) is 0 Å². The van der Waals surface area contributed by atoms with E-state index >= 15 is 0 Å². The summed E-state index contributed by atoms with van der Waals surface area (Å²) in [6.45, 7) is 6.88. The second-order valence-electron chi connectivity index (χ2n) is 6.56. The van der Waals surface area contributed by atoms with Gasteiger partial charge in [-0.2, -0.15) is 5.10 Å². The van der Waals surface area contributed by atoms with Gasteiger partial charge in [0.2, 0.25) is 0 Å². The van der Waals surface area contributed by atoms with E-state index in [-0.39, 0.29) is 5.91 Å². The highest BCUT2D eigenvalue weighted by Crippen LogP contribution is 2.22. The number of likely N-dealkylation sites (tertiary alicyclic amines) is 1. The molecular formula is C18H23N3O. The smallest absolute Gasteiger partial charge is 0.253 e. The van der Waals surface area contributed by atoms with Crippen molar-refractivity contribution in [2.45, 2.75) is 26.8 Å². The molecule has 1 fully saturated rings. The molecule has 1 aliphatic rings. The molecule has 1 saturated heterocycles. The third kappa shape index (κ3) is 3.38. The second-order valence-corrected chi connectivity index (χ2v) is 6.56. The van der Waals surface area contributed by atoms with Crippen molar-refractivity contribution < 1.29 is 4.79 Å². The predicted molar refractivity (Wildman–Crippen MR) is 86.6 cm³/mol. The second kappa shape index (κ2) is 6.34. The van der Waals surface area contributed by atoms with Gasteiger partial charge in [-0.05, 0) is 42.0 Å². The number of carbonyl (C=O) groups is 1. The highest BCUT2D eigenvalue weighted by Gasteiger charge is 2.26. The SMILES string of the molecule is C[C@@H]1C[C@H](C)CN(C(=O)c2cccc(Cn3cccn3)c2)C1. The van der Waals surface area contributed by atoms with E-state index in [2.05, 4.69) is 18.9 Å². The molecule has 0 spiro atoms. The topological polar surface area (TPSA) is 38.1 Å². The summed E-state index contributed by atoms with van der Waals surface area (Å²) in [7, 11) is 0. The zero-order chi connectivity index (χ0) is 15.5. The van der Waals surface area contributed by atoms with Crippen LogP contribution in [0.3, 0.4) is 0 Å². The van der Waals surface area contributed by atoms with Crippen molar-refractivity contribution >= 4 is 5.91 Å². The Bertz CT molecular complexity index is 626. The Morgan fingerprint density at radius 3 is 2.68 bits per heavy atom. The summed E-state index contributed by atoms with van der Waals surface area (Å²) in [6, 6.07) is 9.82. The van der Waals surface area contributed by atoms with E-state index < -0.39 is 0 Å². The predicted octanol–water partition coefficient (Wildman–Crippen LogP) is 3.05. The molecule has 3 rings (SSSR count). The Kier molecular flexibility index (Phi) is 4.27. The molecule has 4 heteroatoms. The number of hydrogen-bond donors (Lipinski definition) is 0.